The van der Waals surface area contributed by atoms with Crippen LogP contribution in [0.25, 0.3) is 0 Å². The summed E-state index contributed by atoms with van der Waals surface area (Å²) in [5.41, 5.74) is 6.33. The average Bonchev–Trinajstić information content (AvgIpc) is 3.02. The zero-order chi connectivity index (χ0) is 24.9. The third kappa shape index (κ3) is 5.41. The molecule has 3 atom stereocenters. The van der Waals surface area contributed by atoms with Crippen molar-refractivity contribution in [2.75, 3.05) is 26.7 Å². The number of carbonyl (C=O) groups excluding carboxylic acids is 5. The average molecular weight is 473 g/mol. The van der Waals surface area contributed by atoms with Crippen LogP contribution in [-0.2, 0) is 19.1 Å². The van der Waals surface area contributed by atoms with Crippen LogP contribution in [0.15, 0.2) is 35.9 Å². The van der Waals surface area contributed by atoms with E-state index < -0.39 is 53.1 Å². The van der Waals surface area contributed by atoms with Crippen molar-refractivity contribution in [2.24, 2.45) is 5.73 Å². The maximum atomic E-state index is 12.8. The number of aliphatic hydroxyl groups excluding tert-OH is 1. The fraction of sp³-hybridized carbons (Fsp3) is 0.364. The molecule has 0 aromatic heterocycles. The molecule has 2 aliphatic rings. The topological polar surface area (TPSA) is 174 Å². The summed E-state index contributed by atoms with van der Waals surface area (Å²) >= 11 is 0. The summed E-state index contributed by atoms with van der Waals surface area (Å²) in [7, 11) is 1.44. The van der Waals surface area contributed by atoms with E-state index >= 15 is 0 Å². The SMILES string of the molecule is COc1ccccc1C(=O)NCC1=CC[C]C(=O)[N@@+](CC(=O)NC2CC(=O)OC2O)(C(N)=O)C1. The fourth-order valence-corrected chi connectivity index (χ4v) is 3.72. The number of quaternary nitrogens is 1. The third-order valence-electron chi connectivity index (χ3n) is 5.50. The van der Waals surface area contributed by atoms with Gasteiger partial charge in [-0.1, -0.05) is 18.2 Å². The summed E-state index contributed by atoms with van der Waals surface area (Å²) < 4.78 is 8.66. The second-order valence-corrected chi connectivity index (χ2v) is 7.81. The molecule has 5 amide bonds. The van der Waals surface area contributed by atoms with E-state index in [-0.39, 0.29) is 25.9 Å². The Bertz CT molecular complexity index is 1040. The summed E-state index contributed by atoms with van der Waals surface area (Å²) in [6, 6.07) is 4.51. The van der Waals surface area contributed by atoms with Gasteiger partial charge in [0.05, 0.1) is 19.1 Å². The Balaban J connectivity index is 1.72. The molecule has 12 heteroatoms. The van der Waals surface area contributed by atoms with Crippen molar-refractivity contribution in [2.45, 2.75) is 25.2 Å². The third-order valence-corrected chi connectivity index (χ3v) is 5.50. The minimum atomic E-state index is -1.53. The van der Waals surface area contributed by atoms with Crippen LogP contribution in [0.3, 0.4) is 0 Å². The van der Waals surface area contributed by atoms with E-state index in [1.165, 1.54) is 7.11 Å². The lowest BCUT2D eigenvalue weighted by atomic mass is 10.1. The van der Waals surface area contributed by atoms with Gasteiger partial charge in [0.25, 0.3) is 11.8 Å². The Morgan fingerprint density at radius 3 is 2.68 bits per heavy atom. The lowest BCUT2D eigenvalue weighted by molar-refractivity contribution is -0.756. The first-order valence-electron chi connectivity index (χ1n) is 10.4. The van der Waals surface area contributed by atoms with E-state index in [2.05, 4.69) is 21.8 Å². The van der Waals surface area contributed by atoms with Crippen LogP contribution in [0.5, 0.6) is 5.75 Å². The highest BCUT2D eigenvalue weighted by atomic mass is 16.6. The number of nitrogens with one attached hydrogen (secondary N) is 2. The minimum absolute atomic E-state index is 0.0234. The van der Waals surface area contributed by atoms with Gasteiger partial charge in [0, 0.05) is 12.1 Å². The molecule has 34 heavy (non-hydrogen) atoms. The van der Waals surface area contributed by atoms with E-state index in [9.17, 15) is 29.1 Å². The first-order chi connectivity index (χ1) is 16.2. The number of aliphatic hydroxyl groups is 1. The number of hydrogen-bond donors (Lipinski definition) is 4. The summed E-state index contributed by atoms with van der Waals surface area (Å²) in [4.78, 5) is 61.7. The second kappa shape index (κ2) is 10.4. The normalized spacial score (nSPS) is 24.5. The number of ether oxygens (including phenoxy) is 2. The van der Waals surface area contributed by atoms with E-state index in [0.717, 1.165) is 0 Å². The number of nitrogens with two attached hydrogens (primary N) is 1. The van der Waals surface area contributed by atoms with E-state index in [0.29, 0.717) is 16.9 Å². The Morgan fingerprint density at radius 1 is 1.29 bits per heavy atom. The van der Waals surface area contributed by atoms with E-state index in [4.69, 9.17) is 10.5 Å². The Labute approximate surface area is 195 Å². The molecule has 2 heterocycles. The van der Waals surface area contributed by atoms with Crippen molar-refractivity contribution in [3.05, 3.63) is 47.9 Å². The van der Waals surface area contributed by atoms with Gasteiger partial charge in [-0.25, -0.2) is 9.59 Å². The molecule has 1 aromatic rings. The predicted molar refractivity (Wildman–Crippen MR) is 115 cm³/mol. The monoisotopic (exact) mass is 473 g/mol. The predicted octanol–water partition coefficient (Wildman–Crippen LogP) is -0.991. The first-order valence-corrected chi connectivity index (χ1v) is 10.4. The molecule has 12 nitrogen and oxygen atoms in total. The van der Waals surface area contributed by atoms with Crippen LogP contribution in [0.2, 0.25) is 0 Å². The number of urea groups is 1. The molecule has 0 bridgehead atoms. The van der Waals surface area contributed by atoms with Crippen LogP contribution in [0, 0.1) is 6.42 Å². The van der Waals surface area contributed by atoms with Gasteiger partial charge >= 0.3 is 17.9 Å². The molecule has 1 aromatic carbocycles. The highest BCUT2D eigenvalue weighted by Gasteiger charge is 2.47. The maximum Gasteiger partial charge on any atom is 0.422 e. The summed E-state index contributed by atoms with van der Waals surface area (Å²) in [6.45, 7) is -0.982. The number of esters is 1. The summed E-state index contributed by atoms with van der Waals surface area (Å²) in [5, 5.41) is 14.8. The number of nitrogens with zero attached hydrogens (tertiary/aromatic N) is 1. The molecule has 2 radical (unpaired) electrons. The zero-order valence-corrected chi connectivity index (χ0v) is 18.4. The van der Waals surface area contributed by atoms with Gasteiger partial charge in [0.2, 0.25) is 6.29 Å². The van der Waals surface area contributed by atoms with E-state index in [1.807, 2.05) is 0 Å². The number of amides is 5. The number of methoxy groups -OCH3 is 1. The molecule has 1 saturated heterocycles. The van der Waals surface area contributed by atoms with Gasteiger partial charge in [0.1, 0.15) is 24.8 Å². The number of imide groups is 1. The number of rotatable bonds is 7. The molecule has 0 spiro atoms. The smallest absolute Gasteiger partial charge is 0.422 e. The van der Waals surface area contributed by atoms with Gasteiger partial charge in [0.15, 0.2) is 6.54 Å². The Kier molecular flexibility index (Phi) is 7.64. The molecule has 5 N–H and O–H groups in total. The van der Waals surface area contributed by atoms with Crippen molar-refractivity contribution in [1.29, 1.82) is 0 Å². The number of benzene rings is 1. The minimum Gasteiger partial charge on any atom is -0.496 e. The van der Waals surface area contributed by atoms with Crippen molar-refractivity contribution in [3.63, 3.8) is 0 Å². The molecule has 0 aliphatic carbocycles. The van der Waals surface area contributed by atoms with Crippen LogP contribution >= 0.6 is 0 Å². The van der Waals surface area contributed by atoms with Gasteiger partial charge in [-0.05, 0) is 18.6 Å². The van der Waals surface area contributed by atoms with E-state index in [1.54, 1.807) is 30.3 Å². The largest absolute Gasteiger partial charge is 0.496 e. The molecule has 1 fully saturated rings. The van der Waals surface area contributed by atoms with Crippen molar-refractivity contribution in [3.8, 4) is 5.75 Å². The van der Waals surface area contributed by atoms with Crippen molar-refractivity contribution >= 4 is 29.7 Å². The van der Waals surface area contributed by atoms with Gasteiger partial charge in [-0.15, -0.1) is 0 Å². The van der Waals surface area contributed by atoms with Gasteiger partial charge < -0.3 is 30.9 Å². The maximum absolute atomic E-state index is 12.8. The summed E-state index contributed by atoms with van der Waals surface area (Å²) in [5.74, 6) is -2.35. The summed E-state index contributed by atoms with van der Waals surface area (Å²) in [6.07, 6.45) is 2.40. The number of primary amides is 1. The molecular formula is C22H25N4O8+. The van der Waals surface area contributed by atoms with Crippen molar-refractivity contribution in [1.82, 2.24) is 10.6 Å². The van der Waals surface area contributed by atoms with Crippen LogP contribution in [0.1, 0.15) is 23.2 Å². The van der Waals surface area contributed by atoms with Crippen LogP contribution in [0.4, 0.5) is 4.79 Å². The van der Waals surface area contributed by atoms with Crippen LogP contribution in [-0.4, -0.2) is 78.4 Å². The molecule has 3 rings (SSSR count). The Morgan fingerprint density at radius 2 is 2.03 bits per heavy atom. The Hall–Kier alpha value is -3.77. The second-order valence-electron chi connectivity index (χ2n) is 7.81. The number of cyclic esters (lactones) is 1. The first kappa shape index (κ1) is 24.9. The van der Waals surface area contributed by atoms with Gasteiger partial charge in [-0.2, -0.15) is 4.48 Å². The highest BCUT2D eigenvalue weighted by Crippen LogP contribution is 2.21. The zero-order valence-electron chi connectivity index (χ0n) is 18.4. The quantitative estimate of drug-likeness (QED) is 0.222. The number of para-hydroxylation sites is 1. The molecule has 2 aliphatic heterocycles. The number of allylic oxidation sites excluding steroid dienone is 1. The molecule has 2 unspecified atom stereocenters. The number of hydrogen-bond acceptors (Lipinski definition) is 8. The standard InChI is InChI=1S/C22H24N4O8/c1-33-16-7-3-2-6-14(16)20(30)24-10-13-5-4-8-18(28)26(11-13,22(23)32)12-17(27)25-15-9-19(29)34-21(15)31/h2-3,5-7,15,21,31H,4,9-12H2,1H3,(H3-,23,24,25,27,30,32)/p+1/t15?,21?,26-/m1/s1. The molecule has 0 saturated carbocycles. The fourth-order valence-electron chi connectivity index (χ4n) is 3.72. The van der Waals surface area contributed by atoms with Crippen LogP contribution < -0.4 is 21.1 Å². The molecular weight excluding hydrogens is 448 g/mol. The highest BCUT2D eigenvalue weighted by molar-refractivity contribution is 5.97. The number of carbonyl (C=O) groups is 5. The molecule has 180 valence electrons. The lowest BCUT2D eigenvalue weighted by Gasteiger charge is -2.30. The lowest BCUT2D eigenvalue weighted by Crippen LogP contribution is -2.64. The van der Waals surface area contributed by atoms with Crippen molar-refractivity contribution < 1.29 is 43.0 Å². The van der Waals surface area contributed by atoms with Gasteiger partial charge in [-0.3, -0.25) is 14.4 Å².